The van der Waals surface area contributed by atoms with Crippen molar-refractivity contribution in [2.24, 2.45) is 16.3 Å². The Morgan fingerprint density at radius 1 is 1.25 bits per heavy atom. The molecule has 0 heterocycles. The Morgan fingerprint density at radius 3 is 2.20 bits per heavy atom. The van der Waals surface area contributed by atoms with Gasteiger partial charge in [-0.3, -0.25) is 0 Å². The second kappa shape index (κ2) is 5.98. The number of nitrogens with zero attached hydrogens (tertiary/aromatic N) is 1. The van der Waals surface area contributed by atoms with Gasteiger partial charge in [-0.05, 0) is 6.42 Å². The molecule has 1 aromatic carbocycles. The van der Waals surface area contributed by atoms with Crippen LogP contribution in [0, 0.1) is 28.7 Å². The monoisotopic (exact) mass is 293 g/mol. The molecule has 0 amide bonds. The number of hydrogen-bond acceptors (Lipinski definition) is 3. The van der Waals surface area contributed by atoms with Gasteiger partial charge < -0.3 is 16.3 Å². The molecule has 0 spiro atoms. The molecule has 0 aliphatic heterocycles. The summed E-state index contributed by atoms with van der Waals surface area (Å²) in [6.45, 7) is 3.26. The van der Waals surface area contributed by atoms with Crippen molar-refractivity contribution < 1.29 is 22.8 Å². The van der Waals surface area contributed by atoms with Crippen LogP contribution in [-0.2, 0) is 0 Å². The number of rotatable bonds is 5. The lowest BCUT2D eigenvalue weighted by Crippen LogP contribution is -2.33. The summed E-state index contributed by atoms with van der Waals surface area (Å²) in [6, 6.07) is 0.135. The molecule has 0 saturated heterocycles. The van der Waals surface area contributed by atoms with Gasteiger partial charge in [0.2, 0.25) is 0 Å². The summed E-state index contributed by atoms with van der Waals surface area (Å²) in [4.78, 5) is 0. The maximum Gasteiger partial charge on any atom is 0.185 e. The molecule has 0 atom stereocenters. The molecule has 4 N–H and O–H groups in total. The van der Waals surface area contributed by atoms with Crippen molar-refractivity contribution in [1.29, 1.82) is 0 Å². The van der Waals surface area contributed by atoms with Crippen molar-refractivity contribution in [1.82, 2.24) is 0 Å². The summed E-state index contributed by atoms with van der Waals surface area (Å²) in [5.74, 6) is -6.02. The average molecular weight is 293 g/mol. The van der Waals surface area contributed by atoms with E-state index >= 15 is 0 Å². The Morgan fingerprint density at radius 2 is 1.75 bits per heavy atom. The molecule has 1 aromatic rings. The first kappa shape index (κ1) is 16.1. The van der Waals surface area contributed by atoms with Crippen molar-refractivity contribution in [2.45, 2.75) is 20.3 Å². The van der Waals surface area contributed by atoms with Crippen LogP contribution in [0.15, 0.2) is 11.2 Å². The standard InChI is InChI=1S/C12H15F4N3O/c1-12(2,11(17)19-20)3-4-18-10-8(15)6(13)5-7(14)9(10)16/h5,18,20H,3-4H2,1-2H3,(H2,17,19). The van der Waals surface area contributed by atoms with E-state index < -0.39 is 34.4 Å². The normalized spacial score (nSPS) is 12.6. The van der Waals surface area contributed by atoms with E-state index in [9.17, 15) is 17.6 Å². The molecule has 0 bridgehead atoms. The quantitative estimate of drug-likeness (QED) is 0.195. The van der Waals surface area contributed by atoms with E-state index in [0.717, 1.165) is 0 Å². The Hall–Kier alpha value is -1.99. The predicted octanol–water partition coefficient (Wildman–Crippen LogP) is 2.82. The zero-order valence-electron chi connectivity index (χ0n) is 11.0. The van der Waals surface area contributed by atoms with Crippen LogP contribution in [0.5, 0.6) is 0 Å². The molecule has 0 fully saturated rings. The number of nitrogens with two attached hydrogens (primary N) is 1. The molecule has 0 aromatic heterocycles. The van der Waals surface area contributed by atoms with Gasteiger partial charge in [-0.25, -0.2) is 17.6 Å². The van der Waals surface area contributed by atoms with Crippen LogP contribution in [0.4, 0.5) is 23.2 Å². The van der Waals surface area contributed by atoms with E-state index in [-0.39, 0.29) is 24.9 Å². The predicted molar refractivity (Wildman–Crippen MR) is 66.6 cm³/mol. The topological polar surface area (TPSA) is 70.6 Å². The number of hydrogen-bond donors (Lipinski definition) is 3. The number of oxime groups is 1. The molecular formula is C12H15F4N3O. The number of nitrogens with one attached hydrogen (secondary N) is 1. The number of benzene rings is 1. The van der Waals surface area contributed by atoms with E-state index in [1.807, 2.05) is 0 Å². The third-order valence-electron chi connectivity index (χ3n) is 2.96. The summed E-state index contributed by atoms with van der Waals surface area (Å²) >= 11 is 0. The lowest BCUT2D eigenvalue weighted by Gasteiger charge is -2.23. The van der Waals surface area contributed by atoms with E-state index in [2.05, 4.69) is 10.5 Å². The van der Waals surface area contributed by atoms with Crippen LogP contribution in [0.2, 0.25) is 0 Å². The molecule has 0 aliphatic rings. The summed E-state index contributed by atoms with van der Waals surface area (Å²) < 4.78 is 52.6. The van der Waals surface area contributed by atoms with E-state index in [4.69, 9.17) is 10.9 Å². The van der Waals surface area contributed by atoms with E-state index in [1.165, 1.54) is 0 Å². The van der Waals surface area contributed by atoms with Crippen LogP contribution >= 0.6 is 0 Å². The van der Waals surface area contributed by atoms with Gasteiger partial charge in [0.05, 0.1) is 0 Å². The van der Waals surface area contributed by atoms with Crippen molar-refractivity contribution in [3.8, 4) is 0 Å². The number of halogens is 4. The van der Waals surface area contributed by atoms with Crippen LogP contribution in [-0.4, -0.2) is 17.6 Å². The zero-order chi connectivity index (χ0) is 15.5. The van der Waals surface area contributed by atoms with Crippen LogP contribution < -0.4 is 11.1 Å². The largest absolute Gasteiger partial charge is 0.409 e. The average Bonchev–Trinajstić information content (AvgIpc) is 2.39. The Bertz CT molecular complexity index is 506. The van der Waals surface area contributed by atoms with Gasteiger partial charge in [-0.1, -0.05) is 19.0 Å². The molecule has 20 heavy (non-hydrogen) atoms. The van der Waals surface area contributed by atoms with Crippen molar-refractivity contribution in [3.05, 3.63) is 29.3 Å². The molecule has 112 valence electrons. The molecule has 1 rings (SSSR count). The van der Waals surface area contributed by atoms with Crippen LogP contribution in [0.25, 0.3) is 0 Å². The van der Waals surface area contributed by atoms with Gasteiger partial charge in [0.25, 0.3) is 0 Å². The zero-order valence-corrected chi connectivity index (χ0v) is 11.0. The van der Waals surface area contributed by atoms with Gasteiger partial charge in [-0.2, -0.15) is 0 Å². The highest BCUT2D eigenvalue weighted by Gasteiger charge is 2.24. The fourth-order valence-electron chi connectivity index (χ4n) is 1.49. The third kappa shape index (κ3) is 3.31. The molecule has 0 unspecified atom stereocenters. The summed E-state index contributed by atoms with van der Waals surface area (Å²) in [5, 5.41) is 13.7. The van der Waals surface area contributed by atoms with Gasteiger partial charge in [0, 0.05) is 18.0 Å². The molecule has 0 radical (unpaired) electrons. The van der Waals surface area contributed by atoms with Gasteiger partial charge in [-0.15, -0.1) is 0 Å². The lowest BCUT2D eigenvalue weighted by molar-refractivity contribution is 0.306. The maximum absolute atomic E-state index is 13.4. The lowest BCUT2D eigenvalue weighted by atomic mass is 9.88. The van der Waals surface area contributed by atoms with Crippen molar-refractivity contribution in [3.63, 3.8) is 0 Å². The molecular weight excluding hydrogens is 278 g/mol. The van der Waals surface area contributed by atoms with E-state index in [0.29, 0.717) is 0 Å². The summed E-state index contributed by atoms with van der Waals surface area (Å²) in [5.41, 5.74) is 3.82. The molecule has 4 nitrogen and oxygen atoms in total. The molecule has 0 aliphatic carbocycles. The Kier molecular flexibility index (Phi) is 4.80. The first-order valence-electron chi connectivity index (χ1n) is 5.75. The minimum Gasteiger partial charge on any atom is -0.409 e. The van der Waals surface area contributed by atoms with Crippen LogP contribution in [0.3, 0.4) is 0 Å². The van der Waals surface area contributed by atoms with Gasteiger partial charge in [0.15, 0.2) is 23.3 Å². The minimum atomic E-state index is -1.49. The Labute approximate surface area is 113 Å². The second-order valence-corrected chi connectivity index (χ2v) is 4.89. The highest BCUT2D eigenvalue weighted by Crippen LogP contribution is 2.25. The third-order valence-corrected chi connectivity index (χ3v) is 2.96. The van der Waals surface area contributed by atoms with Crippen molar-refractivity contribution in [2.75, 3.05) is 11.9 Å². The number of anilines is 1. The highest BCUT2D eigenvalue weighted by molar-refractivity contribution is 5.85. The highest BCUT2D eigenvalue weighted by atomic mass is 19.2. The fourth-order valence-corrected chi connectivity index (χ4v) is 1.49. The maximum atomic E-state index is 13.4. The fraction of sp³-hybridized carbons (Fsp3) is 0.417. The molecule has 0 saturated carbocycles. The van der Waals surface area contributed by atoms with E-state index in [1.54, 1.807) is 13.8 Å². The van der Waals surface area contributed by atoms with Crippen molar-refractivity contribution >= 4 is 11.5 Å². The van der Waals surface area contributed by atoms with Gasteiger partial charge in [0.1, 0.15) is 11.5 Å². The Balaban J connectivity index is 2.82. The summed E-state index contributed by atoms with van der Waals surface area (Å²) in [7, 11) is 0. The first-order chi connectivity index (χ1) is 9.20. The second-order valence-electron chi connectivity index (χ2n) is 4.89. The SMILES string of the molecule is CC(C)(CCNc1c(F)c(F)cc(F)c1F)/C(N)=N/O. The first-order valence-corrected chi connectivity index (χ1v) is 5.75. The smallest absolute Gasteiger partial charge is 0.185 e. The van der Waals surface area contributed by atoms with Gasteiger partial charge >= 0.3 is 0 Å². The van der Waals surface area contributed by atoms with Crippen LogP contribution in [0.1, 0.15) is 20.3 Å². The minimum absolute atomic E-state index is 0.0278. The summed E-state index contributed by atoms with van der Waals surface area (Å²) in [6.07, 6.45) is 0.222. The molecule has 8 heteroatoms. The number of amidine groups is 1.